The Morgan fingerprint density at radius 1 is 0.465 bits per heavy atom. The van der Waals surface area contributed by atoms with Gasteiger partial charge in [0.05, 0.1) is 26.4 Å². The number of rotatable bonds is 33. The second-order valence-electron chi connectivity index (χ2n) is 10.9. The molecule has 4 N–H and O–H groups in total. The van der Waals surface area contributed by atoms with Crippen LogP contribution in [0.5, 0.6) is 0 Å². The Hall–Kier alpha value is -2.53. The number of nitrogens with one attached hydrogen (secondary N) is 3. The molecule has 0 aliphatic carbocycles. The van der Waals surface area contributed by atoms with Crippen molar-refractivity contribution in [1.82, 2.24) is 16.0 Å². The summed E-state index contributed by atoms with van der Waals surface area (Å²) in [6.45, 7) is 3.43. The maximum atomic E-state index is 11.9. The lowest BCUT2D eigenvalue weighted by Crippen LogP contribution is -2.26. The van der Waals surface area contributed by atoms with E-state index in [0.29, 0.717) is 71.7 Å². The molecule has 11 nitrogen and oxygen atoms in total. The molecule has 0 heterocycles. The summed E-state index contributed by atoms with van der Waals surface area (Å²) in [7, 11) is 0. The molecule has 0 atom stereocenters. The van der Waals surface area contributed by atoms with Crippen LogP contribution in [0.15, 0.2) is 0 Å². The highest BCUT2D eigenvalue weighted by atomic mass is 16.5. The van der Waals surface area contributed by atoms with E-state index in [4.69, 9.17) is 14.6 Å². The highest BCUT2D eigenvalue weighted by molar-refractivity contribution is 5.76. The van der Waals surface area contributed by atoms with E-state index in [1.54, 1.807) is 0 Å². The van der Waals surface area contributed by atoms with Gasteiger partial charge in [-0.3, -0.25) is 19.2 Å². The van der Waals surface area contributed by atoms with Gasteiger partial charge in [0.1, 0.15) is 6.29 Å². The van der Waals surface area contributed by atoms with Gasteiger partial charge in [-0.05, 0) is 38.5 Å². The standard InChI is InChI=1S/C32H59N3O8/c36-24-16-10-2-1-7-13-22-34-30(38)19-25-42-27-28-43-26-20-31(39)35-23-15-8-3-5-11-17-29(37)33-21-14-9-4-6-12-18-32(40)41/h24H,1-23,25-28H2,(H,33,37)(H,34,38)(H,35,39)(H,40,41). The minimum Gasteiger partial charge on any atom is -0.481 e. The van der Waals surface area contributed by atoms with Crippen LogP contribution in [0.3, 0.4) is 0 Å². The molecule has 0 aliphatic rings. The molecule has 0 spiro atoms. The third-order valence-corrected chi connectivity index (χ3v) is 6.93. The molecule has 0 aromatic carbocycles. The van der Waals surface area contributed by atoms with Crippen molar-refractivity contribution in [2.75, 3.05) is 46.1 Å². The fourth-order valence-electron chi connectivity index (χ4n) is 4.36. The molecule has 0 saturated heterocycles. The summed E-state index contributed by atoms with van der Waals surface area (Å²) in [4.78, 5) is 56.3. The van der Waals surface area contributed by atoms with Gasteiger partial charge in [-0.15, -0.1) is 0 Å². The first-order chi connectivity index (χ1) is 21.0. The maximum absolute atomic E-state index is 11.9. The summed E-state index contributed by atoms with van der Waals surface area (Å²) >= 11 is 0. The maximum Gasteiger partial charge on any atom is 0.303 e. The van der Waals surface area contributed by atoms with Gasteiger partial charge in [-0.25, -0.2) is 0 Å². The van der Waals surface area contributed by atoms with Crippen LogP contribution in [0.25, 0.3) is 0 Å². The van der Waals surface area contributed by atoms with Gasteiger partial charge < -0.3 is 35.3 Å². The van der Waals surface area contributed by atoms with Crippen LogP contribution in [0.4, 0.5) is 0 Å². The number of amides is 3. The molecule has 250 valence electrons. The molecule has 43 heavy (non-hydrogen) atoms. The number of unbranched alkanes of at least 4 members (excludes halogenated alkanes) is 13. The first kappa shape index (κ1) is 40.5. The molecule has 0 saturated carbocycles. The van der Waals surface area contributed by atoms with Crippen molar-refractivity contribution in [3.8, 4) is 0 Å². The Bertz CT molecular complexity index is 721. The minimum absolute atomic E-state index is 0.0203. The number of hydrogen-bond acceptors (Lipinski definition) is 7. The van der Waals surface area contributed by atoms with Crippen LogP contribution in [0.2, 0.25) is 0 Å². The molecule has 0 radical (unpaired) electrons. The topological polar surface area (TPSA) is 160 Å². The first-order valence-corrected chi connectivity index (χ1v) is 16.6. The smallest absolute Gasteiger partial charge is 0.303 e. The quantitative estimate of drug-likeness (QED) is 0.0624. The second kappa shape index (κ2) is 32.4. The van der Waals surface area contributed by atoms with Gasteiger partial charge in [0, 0.05) is 51.7 Å². The zero-order valence-electron chi connectivity index (χ0n) is 26.5. The van der Waals surface area contributed by atoms with Crippen LogP contribution in [0, 0.1) is 0 Å². The number of ether oxygens (including phenoxy) is 2. The third-order valence-electron chi connectivity index (χ3n) is 6.93. The summed E-state index contributed by atoms with van der Waals surface area (Å²) in [5.74, 6) is -0.699. The van der Waals surface area contributed by atoms with Gasteiger partial charge >= 0.3 is 5.97 Å². The molecule has 11 heteroatoms. The molecule has 3 amide bonds. The van der Waals surface area contributed by atoms with Gasteiger partial charge in [0.25, 0.3) is 0 Å². The normalized spacial score (nSPS) is 10.8. The average Bonchev–Trinajstić information content (AvgIpc) is 2.98. The van der Waals surface area contributed by atoms with Crippen molar-refractivity contribution in [3.63, 3.8) is 0 Å². The molecular weight excluding hydrogens is 554 g/mol. The van der Waals surface area contributed by atoms with Crippen LogP contribution in [0.1, 0.15) is 128 Å². The van der Waals surface area contributed by atoms with E-state index in [2.05, 4.69) is 16.0 Å². The summed E-state index contributed by atoms with van der Waals surface area (Å²) in [5, 5.41) is 17.3. The van der Waals surface area contributed by atoms with Crippen molar-refractivity contribution in [1.29, 1.82) is 0 Å². The molecular formula is C32H59N3O8. The summed E-state index contributed by atoms with van der Waals surface area (Å²) < 4.78 is 10.8. The molecule has 0 rings (SSSR count). The lowest BCUT2D eigenvalue weighted by Gasteiger charge is -2.08. The molecule has 0 aromatic rings. The van der Waals surface area contributed by atoms with E-state index in [0.717, 1.165) is 103 Å². The zero-order valence-corrected chi connectivity index (χ0v) is 26.5. The predicted octanol–water partition coefficient (Wildman–Crippen LogP) is 4.45. The van der Waals surface area contributed by atoms with Crippen molar-refractivity contribution < 1.29 is 38.6 Å². The van der Waals surface area contributed by atoms with E-state index in [9.17, 15) is 24.0 Å². The van der Waals surface area contributed by atoms with Crippen LogP contribution >= 0.6 is 0 Å². The summed E-state index contributed by atoms with van der Waals surface area (Å²) in [6, 6.07) is 0. The Balaban J connectivity index is 3.33. The van der Waals surface area contributed by atoms with E-state index in [-0.39, 0.29) is 24.1 Å². The lowest BCUT2D eigenvalue weighted by atomic mass is 10.1. The third kappa shape index (κ3) is 33.8. The Labute approximate surface area is 259 Å². The Morgan fingerprint density at radius 2 is 0.837 bits per heavy atom. The number of hydrogen-bond donors (Lipinski definition) is 4. The van der Waals surface area contributed by atoms with Gasteiger partial charge in [-0.2, -0.15) is 0 Å². The highest BCUT2D eigenvalue weighted by Crippen LogP contribution is 2.07. The van der Waals surface area contributed by atoms with Crippen molar-refractivity contribution in [3.05, 3.63) is 0 Å². The minimum atomic E-state index is -0.741. The van der Waals surface area contributed by atoms with E-state index < -0.39 is 5.97 Å². The van der Waals surface area contributed by atoms with Crippen LogP contribution in [-0.4, -0.2) is 81.1 Å². The fraction of sp³-hybridized carbons (Fsp3) is 0.844. The number of aldehydes is 1. The number of carboxylic acid groups (broad SMARTS) is 1. The Morgan fingerprint density at radius 3 is 1.28 bits per heavy atom. The molecule has 0 aliphatic heterocycles. The average molecular weight is 614 g/mol. The van der Waals surface area contributed by atoms with Gasteiger partial charge in [-0.1, -0.05) is 57.8 Å². The van der Waals surface area contributed by atoms with Crippen molar-refractivity contribution in [2.45, 2.75) is 128 Å². The first-order valence-electron chi connectivity index (χ1n) is 16.6. The van der Waals surface area contributed by atoms with Gasteiger partial charge in [0.15, 0.2) is 0 Å². The molecule has 0 fully saturated rings. The number of carbonyl (C=O) groups is 5. The molecule has 0 bridgehead atoms. The van der Waals surface area contributed by atoms with Crippen molar-refractivity contribution in [2.24, 2.45) is 0 Å². The van der Waals surface area contributed by atoms with Crippen molar-refractivity contribution >= 4 is 30.0 Å². The highest BCUT2D eigenvalue weighted by Gasteiger charge is 2.04. The summed E-state index contributed by atoms with van der Waals surface area (Å²) in [6.07, 6.45) is 17.5. The molecule has 0 aromatic heterocycles. The fourth-order valence-corrected chi connectivity index (χ4v) is 4.36. The van der Waals surface area contributed by atoms with E-state index in [1.807, 2.05) is 0 Å². The predicted molar refractivity (Wildman–Crippen MR) is 167 cm³/mol. The van der Waals surface area contributed by atoms with Crippen LogP contribution in [-0.2, 0) is 33.4 Å². The summed E-state index contributed by atoms with van der Waals surface area (Å²) in [5.41, 5.74) is 0. The van der Waals surface area contributed by atoms with E-state index >= 15 is 0 Å². The monoisotopic (exact) mass is 613 g/mol. The second-order valence-corrected chi connectivity index (χ2v) is 10.9. The molecule has 0 unspecified atom stereocenters. The van der Waals surface area contributed by atoms with Crippen LogP contribution < -0.4 is 16.0 Å². The SMILES string of the molecule is O=CCCCCCCCNC(=O)CCOCCOCCC(=O)NCCCCCCCC(=O)NCCCCCCCC(=O)O. The van der Waals surface area contributed by atoms with E-state index in [1.165, 1.54) is 0 Å². The zero-order chi connectivity index (χ0) is 31.6. The van der Waals surface area contributed by atoms with Gasteiger partial charge in [0.2, 0.25) is 17.7 Å². The number of aliphatic carboxylic acids is 1. The largest absolute Gasteiger partial charge is 0.481 e. The Kier molecular flexibility index (Phi) is 30.5. The lowest BCUT2D eigenvalue weighted by molar-refractivity contribution is -0.137. The number of carbonyl (C=O) groups excluding carboxylic acids is 4. The number of carboxylic acids is 1.